The van der Waals surface area contributed by atoms with Gasteiger partial charge in [0.25, 0.3) is 0 Å². The van der Waals surface area contributed by atoms with Crippen LogP contribution in [0.3, 0.4) is 0 Å². The minimum Gasteiger partial charge on any atom is -0.383 e. The number of fused-ring (bicyclic) bond motifs is 1. The lowest BCUT2D eigenvalue weighted by Crippen LogP contribution is -2.25. The minimum atomic E-state index is 0.0978. The second kappa shape index (κ2) is 3.66. The van der Waals surface area contributed by atoms with Gasteiger partial charge in [0.2, 0.25) is 0 Å². The normalized spacial score (nSPS) is 16.0. The van der Waals surface area contributed by atoms with Crippen molar-refractivity contribution in [1.29, 1.82) is 0 Å². The smallest absolute Gasteiger partial charge is 0.184 e. The van der Waals surface area contributed by atoms with Gasteiger partial charge in [0, 0.05) is 11.1 Å². The number of nitrogens with two attached hydrogens (primary N) is 2. The van der Waals surface area contributed by atoms with E-state index in [9.17, 15) is 0 Å². The molecule has 0 amide bonds. The maximum atomic E-state index is 5.72. The van der Waals surface area contributed by atoms with Crippen molar-refractivity contribution in [2.75, 3.05) is 0 Å². The van der Waals surface area contributed by atoms with Gasteiger partial charge in [-0.05, 0) is 12.2 Å². The molecule has 0 saturated heterocycles. The van der Waals surface area contributed by atoms with Crippen LogP contribution in [0.1, 0.15) is 11.1 Å². The predicted octanol–water partition coefficient (Wildman–Crippen LogP) is -0.0997. The fourth-order valence-electron chi connectivity index (χ4n) is 1.33. The van der Waals surface area contributed by atoms with Gasteiger partial charge in [-0.1, -0.05) is 24.3 Å². The highest BCUT2D eigenvalue weighted by molar-refractivity contribution is 7.80. The van der Waals surface area contributed by atoms with Crippen LogP contribution in [0.15, 0.2) is 34.4 Å². The topological polar surface area (TPSA) is 88.8 Å². The summed E-state index contributed by atoms with van der Waals surface area (Å²) in [5, 5.41) is 4.05. The summed E-state index contributed by atoms with van der Waals surface area (Å²) >= 11 is 4.64. The molecule has 2 rings (SSSR count). The molecule has 6 heteroatoms. The molecule has 1 aromatic rings. The van der Waals surface area contributed by atoms with Gasteiger partial charge in [0.1, 0.15) is 5.84 Å². The molecule has 1 aliphatic rings. The summed E-state index contributed by atoms with van der Waals surface area (Å²) in [5.74, 6) is 0.949. The Morgan fingerprint density at radius 2 is 2.00 bits per heavy atom. The molecule has 0 radical (unpaired) electrons. The zero-order valence-corrected chi connectivity index (χ0v) is 8.58. The number of hydrazone groups is 1. The first kappa shape index (κ1) is 9.60. The number of benzene rings is 1. The molecule has 0 saturated carbocycles. The van der Waals surface area contributed by atoms with Crippen molar-refractivity contribution in [2.45, 2.75) is 0 Å². The average Bonchev–Trinajstić information content (AvgIpc) is 2.54. The highest BCUT2D eigenvalue weighted by Crippen LogP contribution is 2.16. The third-order valence-electron chi connectivity index (χ3n) is 1.94. The fourth-order valence-corrected chi connectivity index (χ4v) is 1.37. The highest BCUT2D eigenvalue weighted by Gasteiger charge is 2.18. The Morgan fingerprint density at radius 3 is 2.67 bits per heavy atom. The Bertz CT molecular complexity index is 477. The van der Waals surface area contributed by atoms with Gasteiger partial charge in [0.05, 0.1) is 0 Å². The van der Waals surface area contributed by atoms with E-state index in [0.29, 0.717) is 11.7 Å². The molecule has 0 aliphatic carbocycles. The van der Waals surface area contributed by atoms with Crippen LogP contribution >= 0.6 is 12.2 Å². The lowest BCUT2D eigenvalue weighted by Gasteiger charge is -1.98. The van der Waals surface area contributed by atoms with E-state index in [-0.39, 0.29) is 5.11 Å². The minimum absolute atomic E-state index is 0.0978. The first-order valence-electron chi connectivity index (χ1n) is 4.25. The van der Waals surface area contributed by atoms with E-state index in [4.69, 9.17) is 11.5 Å². The second-order valence-electron chi connectivity index (χ2n) is 2.95. The first-order chi connectivity index (χ1) is 7.18. The van der Waals surface area contributed by atoms with Gasteiger partial charge in [-0.25, -0.2) is 4.99 Å². The number of hydrogen-bond donors (Lipinski definition) is 3. The Balaban J connectivity index is 2.39. The van der Waals surface area contributed by atoms with Gasteiger partial charge in [-0.15, -0.1) is 0 Å². The first-order valence-corrected chi connectivity index (χ1v) is 4.66. The van der Waals surface area contributed by atoms with Gasteiger partial charge in [-0.2, -0.15) is 5.10 Å². The molecule has 0 unspecified atom stereocenters. The standard InChI is InChI=1S/C9H9N5S/c10-7-5-3-1-2-4-6(5)8(12-7)13-14-9(11)15/h1-4H,(H2,10,12,13)(H3,11,14,15). The summed E-state index contributed by atoms with van der Waals surface area (Å²) in [6, 6.07) is 7.56. The largest absolute Gasteiger partial charge is 0.383 e. The lowest BCUT2D eigenvalue weighted by atomic mass is 10.1. The third kappa shape index (κ3) is 1.79. The molecule has 0 bridgehead atoms. The van der Waals surface area contributed by atoms with Gasteiger partial charge >= 0.3 is 0 Å². The molecule has 15 heavy (non-hydrogen) atoms. The molecular formula is C9H9N5S. The monoisotopic (exact) mass is 219 g/mol. The summed E-state index contributed by atoms with van der Waals surface area (Å²) in [4.78, 5) is 4.10. The van der Waals surface area contributed by atoms with E-state index in [2.05, 4.69) is 27.7 Å². The third-order valence-corrected chi connectivity index (χ3v) is 2.03. The predicted molar refractivity (Wildman–Crippen MR) is 63.6 cm³/mol. The molecule has 1 heterocycles. The van der Waals surface area contributed by atoms with Crippen LogP contribution in [0.4, 0.5) is 0 Å². The summed E-state index contributed by atoms with van der Waals surface area (Å²) in [5.41, 5.74) is 15.2. The molecule has 0 atom stereocenters. The van der Waals surface area contributed by atoms with Crippen molar-refractivity contribution >= 4 is 29.0 Å². The van der Waals surface area contributed by atoms with E-state index in [0.717, 1.165) is 11.1 Å². The Kier molecular flexibility index (Phi) is 2.34. The lowest BCUT2D eigenvalue weighted by molar-refractivity contribution is 1.03. The molecule has 0 aromatic heterocycles. The van der Waals surface area contributed by atoms with Gasteiger partial charge in [-0.3, -0.25) is 5.43 Å². The zero-order chi connectivity index (χ0) is 10.8. The summed E-state index contributed by atoms with van der Waals surface area (Å²) in [6.45, 7) is 0. The Labute approximate surface area is 91.9 Å². The molecular weight excluding hydrogens is 210 g/mol. The van der Waals surface area contributed by atoms with Crippen LogP contribution in [-0.2, 0) is 0 Å². The molecule has 5 nitrogen and oxygen atoms in total. The highest BCUT2D eigenvalue weighted by atomic mass is 32.1. The van der Waals surface area contributed by atoms with E-state index in [1.54, 1.807) is 0 Å². The van der Waals surface area contributed by atoms with Crippen molar-refractivity contribution in [3.8, 4) is 0 Å². The molecule has 1 aliphatic heterocycles. The number of aliphatic imine (C=N–C) groups is 1. The number of nitrogens with zero attached hydrogens (tertiary/aromatic N) is 2. The average molecular weight is 219 g/mol. The van der Waals surface area contributed by atoms with E-state index < -0.39 is 0 Å². The van der Waals surface area contributed by atoms with E-state index in [1.165, 1.54) is 0 Å². The number of thiocarbonyl (C=S) groups is 1. The zero-order valence-electron chi connectivity index (χ0n) is 7.77. The maximum absolute atomic E-state index is 5.72. The van der Waals surface area contributed by atoms with Crippen molar-refractivity contribution in [3.63, 3.8) is 0 Å². The quantitative estimate of drug-likeness (QED) is 0.454. The SMILES string of the molecule is NC(=S)N/N=C1/N=C(N)c2ccccc21. The Morgan fingerprint density at radius 1 is 1.33 bits per heavy atom. The van der Waals surface area contributed by atoms with Crippen LogP contribution in [0, 0.1) is 0 Å². The molecule has 0 spiro atoms. The van der Waals surface area contributed by atoms with Crippen molar-refractivity contribution in [1.82, 2.24) is 5.43 Å². The van der Waals surface area contributed by atoms with E-state index >= 15 is 0 Å². The van der Waals surface area contributed by atoms with Crippen LogP contribution in [0.25, 0.3) is 0 Å². The van der Waals surface area contributed by atoms with Gasteiger partial charge in [0.15, 0.2) is 10.9 Å². The van der Waals surface area contributed by atoms with Crippen LogP contribution in [0.2, 0.25) is 0 Å². The second-order valence-corrected chi connectivity index (χ2v) is 3.39. The van der Waals surface area contributed by atoms with Crippen molar-refractivity contribution in [3.05, 3.63) is 35.4 Å². The molecule has 5 N–H and O–H groups in total. The van der Waals surface area contributed by atoms with Crippen molar-refractivity contribution in [2.24, 2.45) is 21.6 Å². The molecule has 76 valence electrons. The number of amidine groups is 2. The summed E-state index contributed by atoms with van der Waals surface area (Å²) in [6.07, 6.45) is 0. The molecule has 0 fully saturated rings. The fraction of sp³-hybridized carbons (Fsp3) is 0. The van der Waals surface area contributed by atoms with E-state index in [1.807, 2.05) is 24.3 Å². The van der Waals surface area contributed by atoms with Crippen LogP contribution < -0.4 is 16.9 Å². The summed E-state index contributed by atoms with van der Waals surface area (Å²) < 4.78 is 0. The number of nitrogens with one attached hydrogen (secondary N) is 1. The molecule has 1 aromatic carbocycles. The summed E-state index contributed by atoms with van der Waals surface area (Å²) in [7, 11) is 0. The number of rotatable bonds is 1. The number of hydrogen-bond acceptors (Lipinski definition) is 3. The van der Waals surface area contributed by atoms with Crippen LogP contribution in [0.5, 0.6) is 0 Å². The van der Waals surface area contributed by atoms with Crippen LogP contribution in [-0.4, -0.2) is 16.8 Å². The Hall–Kier alpha value is -1.95. The van der Waals surface area contributed by atoms with Crippen molar-refractivity contribution < 1.29 is 0 Å². The maximum Gasteiger partial charge on any atom is 0.184 e. The van der Waals surface area contributed by atoms with Gasteiger partial charge < -0.3 is 11.5 Å².